The van der Waals surface area contributed by atoms with Gasteiger partial charge in [0.15, 0.2) is 0 Å². The molecule has 0 saturated heterocycles. The molecule has 0 unspecified atom stereocenters. The molecule has 19 heavy (non-hydrogen) atoms. The fraction of sp³-hybridized carbons (Fsp3) is 0.250. The molecule has 0 aliphatic heterocycles. The first-order chi connectivity index (χ1) is 9.10. The van der Waals surface area contributed by atoms with Crippen molar-refractivity contribution in [3.8, 4) is 5.75 Å². The average Bonchev–Trinajstić information content (AvgIpc) is 2.40. The van der Waals surface area contributed by atoms with Crippen LogP contribution in [0.4, 0.5) is 0 Å². The summed E-state index contributed by atoms with van der Waals surface area (Å²) < 4.78 is 5.79. The van der Waals surface area contributed by atoms with E-state index in [1.54, 1.807) is 0 Å². The van der Waals surface area contributed by atoms with Gasteiger partial charge in [-0.15, -0.1) is 0 Å². The maximum absolute atomic E-state index is 6.11. The van der Waals surface area contributed by atoms with Gasteiger partial charge < -0.3 is 10.5 Å². The third-order valence-electron chi connectivity index (χ3n) is 3.11. The number of hydrogen-bond acceptors (Lipinski definition) is 2. The lowest BCUT2D eigenvalue weighted by Gasteiger charge is -2.11. The summed E-state index contributed by atoms with van der Waals surface area (Å²) in [6.07, 6.45) is 0. The van der Waals surface area contributed by atoms with E-state index in [1.807, 2.05) is 31.2 Å². The van der Waals surface area contributed by atoms with Crippen LogP contribution in [-0.4, -0.2) is 0 Å². The van der Waals surface area contributed by atoms with Crippen LogP contribution < -0.4 is 10.5 Å². The molecule has 0 radical (unpaired) electrons. The Bertz CT molecular complexity index is 581. The number of benzene rings is 2. The van der Waals surface area contributed by atoms with Crippen molar-refractivity contribution >= 4 is 11.6 Å². The first kappa shape index (κ1) is 13.9. The minimum atomic E-state index is 0.514. The normalized spacial score (nSPS) is 10.5. The highest BCUT2D eigenvalue weighted by atomic mass is 35.5. The van der Waals surface area contributed by atoms with Gasteiger partial charge in [-0.25, -0.2) is 0 Å². The summed E-state index contributed by atoms with van der Waals surface area (Å²) in [4.78, 5) is 0. The third kappa shape index (κ3) is 3.49. The molecule has 0 atom stereocenters. The first-order valence-electron chi connectivity index (χ1n) is 6.27. The van der Waals surface area contributed by atoms with Crippen molar-refractivity contribution in [2.24, 2.45) is 5.73 Å². The zero-order valence-corrected chi connectivity index (χ0v) is 12.0. The van der Waals surface area contributed by atoms with Crippen molar-refractivity contribution in [3.05, 3.63) is 63.7 Å². The first-order valence-corrected chi connectivity index (χ1v) is 6.65. The quantitative estimate of drug-likeness (QED) is 0.915. The van der Waals surface area contributed by atoms with Crippen molar-refractivity contribution in [1.29, 1.82) is 0 Å². The van der Waals surface area contributed by atoms with E-state index in [9.17, 15) is 0 Å². The summed E-state index contributed by atoms with van der Waals surface area (Å²) in [6, 6.07) is 12.0. The number of rotatable bonds is 4. The van der Waals surface area contributed by atoms with Gasteiger partial charge in [0.05, 0.1) is 5.02 Å². The minimum Gasteiger partial charge on any atom is -0.487 e. The van der Waals surface area contributed by atoms with E-state index in [4.69, 9.17) is 22.1 Å². The predicted octanol–water partition coefficient (Wildman–Crippen LogP) is 3.99. The van der Waals surface area contributed by atoms with Crippen molar-refractivity contribution in [2.75, 3.05) is 0 Å². The summed E-state index contributed by atoms with van der Waals surface area (Å²) in [7, 11) is 0. The maximum atomic E-state index is 6.11. The summed E-state index contributed by atoms with van der Waals surface area (Å²) in [5.74, 6) is 0.726. The molecular weight excluding hydrogens is 258 g/mol. The zero-order chi connectivity index (χ0) is 13.8. The highest BCUT2D eigenvalue weighted by Crippen LogP contribution is 2.26. The second-order valence-corrected chi connectivity index (χ2v) is 5.09. The lowest BCUT2D eigenvalue weighted by Crippen LogP contribution is -2.01. The van der Waals surface area contributed by atoms with Gasteiger partial charge in [-0.2, -0.15) is 0 Å². The second kappa shape index (κ2) is 6.09. The van der Waals surface area contributed by atoms with Gasteiger partial charge in [-0.1, -0.05) is 35.9 Å². The van der Waals surface area contributed by atoms with Gasteiger partial charge >= 0.3 is 0 Å². The molecule has 0 spiro atoms. The van der Waals surface area contributed by atoms with Crippen LogP contribution in [0.25, 0.3) is 0 Å². The molecule has 0 aliphatic rings. The Kier molecular flexibility index (Phi) is 4.46. The van der Waals surface area contributed by atoms with Gasteiger partial charge in [-0.3, -0.25) is 0 Å². The van der Waals surface area contributed by atoms with E-state index >= 15 is 0 Å². The van der Waals surface area contributed by atoms with E-state index in [0.29, 0.717) is 18.2 Å². The van der Waals surface area contributed by atoms with Crippen LogP contribution in [0.3, 0.4) is 0 Å². The van der Waals surface area contributed by atoms with E-state index in [0.717, 1.165) is 22.4 Å². The van der Waals surface area contributed by atoms with Gasteiger partial charge in [0.1, 0.15) is 12.4 Å². The molecule has 0 saturated carbocycles. The molecule has 2 N–H and O–H groups in total. The van der Waals surface area contributed by atoms with E-state index < -0.39 is 0 Å². The largest absolute Gasteiger partial charge is 0.487 e. The zero-order valence-electron chi connectivity index (χ0n) is 11.2. The Morgan fingerprint density at radius 3 is 2.58 bits per heavy atom. The van der Waals surface area contributed by atoms with Crippen molar-refractivity contribution < 1.29 is 4.74 Å². The predicted molar refractivity (Wildman–Crippen MR) is 79.6 cm³/mol. The standard InChI is InChI=1S/C16H18ClNO/c1-11-3-6-15(17)16(7-11)19-10-14-5-4-13(9-18)8-12(14)2/h3-8H,9-10,18H2,1-2H3. The average molecular weight is 276 g/mol. The van der Waals surface area contributed by atoms with Crippen LogP contribution in [0.5, 0.6) is 5.75 Å². The van der Waals surface area contributed by atoms with Gasteiger partial charge in [0.2, 0.25) is 0 Å². The minimum absolute atomic E-state index is 0.514. The van der Waals surface area contributed by atoms with Crippen LogP contribution in [0.2, 0.25) is 5.02 Å². The van der Waals surface area contributed by atoms with Gasteiger partial charge in [0, 0.05) is 6.54 Å². The van der Waals surface area contributed by atoms with Gasteiger partial charge in [-0.05, 0) is 48.2 Å². The Morgan fingerprint density at radius 1 is 1.11 bits per heavy atom. The van der Waals surface area contributed by atoms with Crippen LogP contribution in [-0.2, 0) is 13.2 Å². The Morgan fingerprint density at radius 2 is 1.89 bits per heavy atom. The molecule has 100 valence electrons. The number of nitrogens with two attached hydrogens (primary N) is 1. The topological polar surface area (TPSA) is 35.2 Å². The Balaban J connectivity index is 2.12. The number of halogens is 1. The van der Waals surface area contributed by atoms with Crippen LogP contribution in [0.15, 0.2) is 36.4 Å². The molecule has 2 nitrogen and oxygen atoms in total. The third-order valence-corrected chi connectivity index (χ3v) is 3.42. The second-order valence-electron chi connectivity index (χ2n) is 4.69. The molecule has 0 aliphatic carbocycles. The fourth-order valence-electron chi connectivity index (χ4n) is 1.92. The van der Waals surface area contributed by atoms with Gasteiger partial charge in [0.25, 0.3) is 0 Å². The highest BCUT2D eigenvalue weighted by molar-refractivity contribution is 6.32. The summed E-state index contributed by atoms with van der Waals surface area (Å²) in [5, 5.41) is 0.641. The summed E-state index contributed by atoms with van der Waals surface area (Å²) in [5.41, 5.74) is 10.2. The van der Waals surface area contributed by atoms with Crippen molar-refractivity contribution in [1.82, 2.24) is 0 Å². The highest BCUT2D eigenvalue weighted by Gasteiger charge is 2.04. The van der Waals surface area contributed by atoms with Crippen LogP contribution in [0.1, 0.15) is 22.3 Å². The monoisotopic (exact) mass is 275 g/mol. The molecule has 2 aromatic carbocycles. The number of ether oxygens (including phenoxy) is 1. The molecule has 3 heteroatoms. The maximum Gasteiger partial charge on any atom is 0.138 e. The van der Waals surface area contributed by atoms with Crippen LogP contribution >= 0.6 is 11.6 Å². The van der Waals surface area contributed by atoms with Crippen molar-refractivity contribution in [2.45, 2.75) is 27.0 Å². The lowest BCUT2D eigenvalue weighted by atomic mass is 10.1. The van der Waals surface area contributed by atoms with E-state index in [2.05, 4.69) is 19.1 Å². The molecule has 0 amide bonds. The van der Waals surface area contributed by atoms with Crippen LogP contribution in [0, 0.1) is 13.8 Å². The van der Waals surface area contributed by atoms with E-state index in [1.165, 1.54) is 5.56 Å². The fourth-order valence-corrected chi connectivity index (χ4v) is 2.10. The smallest absolute Gasteiger partial charge is 0.138 e. The SMILES string of the molecule is Cc1ccc(Cl)c(OCc2ccc(CN)cc2C)c1. The number of hydrogen-bond donors (Lipinski definition) is 1. The summed E-state index contributed by atoms with van der Waals surface area (Å²) >= 11 is 6.11. The van der Waals surface area contributed by atoms with E-state index in [-0.39, 0.29) is 0 Å². The molecule has 0 fully saturated rings. The number of aryl methyl sites for hydroxylation is 2. The Labute approximate surface area is 119 Å². The molecule has 0 heterocycles. The lowest BCUT2D eigenvalue weighted by molar-refractivity contribution is 0.305. The molecule has 2 rings (SSSR count). The Hall–Kier alpha value is -1.51. The summed E-state index contributed by atoms with van der Waals surface area (Å²) in [6.45, 7) is 5.16. The molecule has 0 bridgehead atoms. The molecule has 2 aromatic rings. The molecular formula is C16H18ClNO. The van der Waals surface area contributed by atoms with Crippen molar-refractivity contribution in [3.63, 3.8) is 0 Å². The molecule has 0 aromatic heterocycles.